The van der Waals surface area contributed by atoms with Gasteiger partial charge in [0.15, 0.2) is 6.61 Å². The van der Waals surface area contributed by atoms with Gasteiger partial charge in [-0.05, 0) is 23.8 Å². The van der Waals surface area contributed by atoms with Gasteiger partial charge in [-0.25, -0.2) is 4.79 Å². The Morgan fingerprint density at radius 2 is 2.04 bits per heavy atom. The first-order valence-corrected chi connectivity index (χ1v) is 8.39. The van der Waals surface area contributed by atoms with Crippen LogP contribution in [0.15, 0.2) is 71.6 Å². The molecule has 138 valence electrons. The van der Waals surface area contributed by atoms with Crippen molar-refractivity contribution < 1.29 is 18.7 Å². The van der Waals surface area contributed by atoms with E-state index in [0.717, 1.165) is 11.1 Å². The molecule has 2 heterocycles. The van der Waals surface area contributed by atoms with E-state index in [9.17, 15) is 9.59 Å². The van der Waals surface area contributed by atoms with Crippen molar-refractivity contribution in [3.63, 3.8) is 0 Å². The first-order valence-electron chi connectivity index (χ1n) is 8.39. The number of benzene rings is 1. The van der Waals surface area contributed by atoms with Crippen LogP contribution >= 0.6 is 0 Å². The Kier molecular flexibility index (Phi) is 6.19. The maximum Gasteiger partial charge on any atom is 0.331 e. The minimum atomic E-state index is -0.598. The average Bonchev–Trinajstić information content (AvgIpc) is 3.36. The van der Waals surface area contributed by atoms with Crippen molar-refractivity contribution in [1.82, 2.24) is 15.1 Å². The van der Waals surface area contributed by atoms with Crippen molar-refractivity contribution in [2.45, 2.75) is 13.1 Å². The molecule has 0 aliphatic heterocycles. The highest BCUT2D eigenvalue weighted by Gasteiger charge is 2.06. The van der Waals surface area contributed by atoms with Gasteiger partial charge in [0.25, 0.3) is 5.91 Å². The maximum absolute atomic E-state index is 11.7. The van der Waals surface area contributed by atoms with Crippen molar-refractivity contribution >= 4 is 18.0 Å². The highest BCUT2D eigenvalue weighted by atomic mass is 16.5. The van der Waals surface area contributed by atoms with E-state index in [4.69, 9.17) is 9.15 Å². The summed E-state index contributed by atoms with van der Waals surface area (Å²) in [5.74, 6) is -0.370. The number of carbonyl (C=O) groups is 2. The van der Waals surface area contributed by atoms with E-state index in [0.29, 0.717) is 12.3 Å². The summed E-state index contributed by atoms with van der Waals surface area (Å²) in [6.45, 7) is 0.548. The molecule has 0 unspecified atom stereocenters. The Balaban J connectivity index is 1.41. The second-order valence-electron chi connectivity index (χ2n) is 5.75. The number of aromatic nitrogens is 2. The number of nitrogens with one attached hydrogen (secondary N) is 1. The van der Waals surface area contributed by atoms with Gasteiger partial charge in [-0.1, -0.05) is 30.3 Å². The zero-order valence-electron chi connectivity index (χ0n) is 14.6. The lowest BCUT2D eigenvalue weighted by atomic mass is 10.2. The molecule has 1 aromatic carbocycles. The standard InChI is InChI=1S/C20H19N3O4/c24-19(21-12-18-7-4-10-26-18)15-27-20(25)9-8-17-11-22-23(14-17)13-16-5-2-1-3-6-16/h1-11,14H,12-13,15H2,(H,21,24)/b9-8+. The van der Waals surface area contributed by atoms with E-state index in [1.165, 1.54) is 12.3 Å². The van der Waals surface area contributed by atoms with Gasteiger partial charge in [0, 0.05) is 17.8 Å². The molecular weight excluding hydrogens is 346 g/mol. The SMILES string of the molecule is O=C(COC(=O)/C=C/c1cnn(Cc2ccccc2)c1)NCc1ccco1. The van der Waals surface area contributed by atoms with Gasteiger partial charge in [0.05, 0.1) is 25.5 Å². The van der Waals surface area contributed by atoms with Gasteiger partial charge in [-0.3, -0.25) is 9.48 Å². The molecule has 3 rings (SSSR count). The fraction of sp³-hybridized carbons (Fsp3) is 0.150. The van der Waals surface area contributed by atoms with Crippen LogP contribution in [0, 0.1) is 0 Å². The number of hydrogen-bond acceptors (Lipinski definition) is 5. The van der Waals surface area contributed by atoms with Gasteiger partial charge >= 0.3 is 5.97 Å². The van der Waals surface area contributed by atoms with Crippen LogP contribution in [0.4, 0.5) is 0 Å². The van der Waals surface area contributed by atoms with Crippen LogP contribution in [-0.4, -0.2) is 28.3 Å². The smallest absolute Gasteiger partial charge is 0.331 e. The summed E-state index contributed by atoms with van der Waals surface area (Å²) in [4.78, 5) is 23.3. The Morgan fingerprint density at radius 3 is 2.81 bits per heavy atom. The van der Waals surface area contributed by atoms with E-state index in [1.54, 1.807) is 29.1 Å². The summed E-state index contributed by atoms with van der Waals surface area (Å²) in [6, 6.07) is 13.4. The summed E-state index contributed by atoms with van der Waals surface area (Å²) in [5, 5.41) is 6.85. The number of furan rings is 1. The highest BCUT2D eigenvalue weighted by Crippen LogP contribution is 2.05. The lowest BCUT2D eigenvalue weighted by Crippen LogP contribution is -2.27. The first-order chi connectivity index (χ1) is 13.2. The summed E-state index contributed by atoms with van der Waals surface area (Å²) in [5.41, 5.74) is 1.90. The van der Waals surface area contributed by atoms with E-state index in [-0.39, 0.29) is 13.2 Å². The van der Waals surface area contributed by atoms with Crippen molar-refractivity contribution in [3.05, 3.63) is 84.1 Å². The molecule has 0 saturated carbocycles. The number of ether oxygens (including phenoxy) is 1. The number of esters is 1. The molecule has 7 heteroatoms. The molecule has 0 fully saturated rings. The molecule has 0 aliphatic rings. The number of amides is 1. The van der Waals surface area contributed by atoms with Gasteiger partial charge in [-0.2, -0.15) is 5.10 Å². The molecule has 0 radical (unpaired) electrons. The van der Waals surface area contributed by atoms with Gasteiger partial charge < -0.3 is 14.5 Å². The molecule has 0 atom stereocenters. The van der Waals surface area contributed by atoms with Crippen molar-refractivity contribution in [3.8, 4) is 0 Å². The molecule has 0 saturated heterocycles. The number of rotatable bonds is 8. The molecule has 0 bridgehead atoms. The van der Waals surface area contributed by atoms with E-state index >= 15 is 0 Å². The van der Waals surface area contributed by atoms with Gasteiger partial charge in [-0.15, -0.1) is 0 Å². The summed E-state index contributed by atoms with van der Waals surface area (Å²) >= 11 is 0. The molecule has 0 spiro atoms. The molecule has 1 N–H and O–H groups in total. The number of nitrogens with zero attached hydrogens (tertiary/aromatic N) is 2. The third-order valence-corrected chi connectivity index (χ3v) is 3.64. The molecule has 27 heavy (non-hydrogen) atoms. The largest absolute Gasteiger partial charge is 0.467 e. The first kappa shape index (κ1) is 18.2. The third kappa shape index (κ3) is 6.00. The van der Waals surface area contributed by atoms with Crippen molar-refractivity contribution in [2.75, 3.05) is 6.61 Å². The minimum absolute atomic E-state index is 0.250. The number of carbonyl (C=O) groups excluding carboxylic acids is 2. The summed E-state index contributed by atoms with van der Waals surface area (Å²) < 4.78 is 11.8. The Bertz CT molecular complexity index is 898. The Morgan fingerprint density at radius 1 is 1.19 bits per heavy atom. The molecule has 7 nitrogen and oxygen atoms in total. The van der Waals surface area contributed by atoms with Crippen molar-refractivity contribution in [1.29, 1.82) is 0 Å². The van der Waals surface area contributed by atoms with Crippen molar-refractivity contribution in [2.24, 2.45) is 0 Å². The molecular formula is C20H19N3O4. The van der Waals surface area contributed by atoms with Crippen LogP contribution in [0.3, 0.4) is 0 Å². The van der Waals surface area contributed by atoms with E-state index in [1.807, 2.05) is 36.5 Å². The van der Waals surface area contributed by atoms with Crippen LogP contribution in [0.25, 0.3) is 6.08 Å². The molecule has 3 aromatic rings. The fourth-order valence-corrected chi connectivity index (χ4v) is 2.32. The van der Waals surface area contributed by atoms with Crippen LogP contribution in [-0.2, 0) is 27.4 Å². The third-order valence-electron chi connectivity index (χ3n) is 3.64. The molecule has 2 aromatic heterocycles. The average molecular weight is 365 g/mol. The van der Waals surface area contributed by atoms with E-state index < -0.39 is 11.9 Å². The predicted octanol–water partition coefficient (Wildman–Crippen LogP) is 2.40. The fourth-order valence-electron chi connectivity index (χ4n) is 2.32. The van der Waals surface area contributed by atoms with Crippen LogP contribution < -0.4 is 5.32 Å². The van der Waals surface area contributed by atoms with Crippen LogP contribution in [0.2, 0.25) is 0 Å². The molecule has 1 amide bonds. The zero-order valence-corrected chi connectivity index (χ0v) is 14.6. The monoisotopic (exact) mass is 365 g/mol. The minimum Gasteiger partial charge on any atom is -0.467 e. The maximum atomic E-state index is 11.7. The second-order valence-corrected chi connectivity index (χ2v) is 5.75. The Labute approximate surface area is 156 Å². The van der Waals surface area contributed by atoms with Crippen LogP contribution in [0.5, 0.6) is 0 Å². The topological polar surface area (TPSA) is 86.4 Å². The zero-order chi connectivity index (χ0) is 18.9. The summed E-state index contributed by atoms with van der Waals surface area (Å²) in [7, 11) is 0. The van der Waals surface area contributed by atoms with Gasteiger partial charge in [0.2, 0.25) is 0 Å². The normalized spacial score (nSPS) is 10.8. The highest BCUT2D eigenvalue weighted by molar-refractivity contribution is 5.89. The van der Waals surface area contributed by atoms with Crippen LogP contribution in [0.1, 0.15) is 16.9 Å². The number of hydrogen-bond donors (Lipinski definition) is 1. The predicted molar refractivity (Wildman–Crippen MR) is 98.3 cm³/mol. The Hall–Kier alpha value is -3.61. The quantitative estimate of drug-likeness (QED) is 0.489. The van der Waals surface area contributed by atoms with E-state index in [2.05, 4.69) is 10.4 Å². The summed E-state index contributed by atoms with van der Waals surface area (Å²) in [6.07, 6.45) is 7.87. The lowest BCUT2D eigenvalue weighted by molar-refractivity contribution is -0.143. The molecule has 0 aliphatic carbocycles. The van der Waals surface area contributed by atoms with Gasteiger partial charge in [0.1, 0.15) is 5.76 Å². The second kappa shape index (κ2) is 9.19. The lowest BCUT2D eigenvalue weighted by Gasteiger charge is -2.03.